The SMILES string of the molecule is c1cnc(-c2cnc3ccccc3c2)c(-c2ccncc2)c1. The maximum Gasteiger partial charge on any atom is 0.0795 e. The van der Waals surface area contributed by atoms with E-state index in [1.807, 2.05) is 48.8 Å². The molecule has 3 aromatic heterocycles. The van der Waals surface area contributed by atoms with Gasteiger partial charge in [0.15, 0.2) is 0 Å². The summed E-state index contributed by atoms with van der Waals surface area (Å²) in [6.07, 6.45) is 7.29. The third-order valence-corrected chi connectivity index (χ3v) is 3.66. The maximum absolute atomic E-state index is 4.57. The molecular formula is C19H13N3. The minimum absolute atomic E-state index is 0.937. The summed E-state index contributed by atoms with van der Waals surface area (Å²) in [6.45, 7) is 0. The van der Waals surface area contributed by atoms with Gasteiger partial charge in [0.2, 0.25) is 0 Å². The van der Waals surface area contributed by atoms with Gasteiger partial charge in [0.25, 0.3) is 0 Å². The van der Waals surface area contributed by atoms with Crippen molar-refractivity contribution in [2.45, 2.75) is 0 Å². The summed E-state index contributed by atoms with van der Waals surface area (Å²) in [5.41, 5.74) is 5.14. The zero-order chi connectivity index (χ0) is 14.8. The highest BCUT2D eigenvalue weighted by atomic mass is 14.7. The molecule has 0 N–H and O–H groups in total. The molecule has 0 saturated heterocycles. The van der Waals surface area contributed by atoms with Crippen LogP contribution in [0.15, 0.2) is 79.4 Å². The summed E-state index contributed by atoms with van der Waals surface area (Å²) in [5.74, 6) is 0. The van der Waals surface area contributed by atoms with E-state index in [0.717, 1.165) is 33.3 Å². The average molecular weight is 283 g/mol. The topological polar surface area (TPSA) is 38.7 Å². The van der Waals surface area contributed by atoms with Gasteiger partial charge in [-0.3, -0.25) is 15.0 Å². The molecule has 0 aliphatic rings. The first-order valence-electron chi connectivity index (χ1n) is 7.12. The smallest absolute Gasteiger partial charge is 0.0795 e. The van der Waals surface area contributed by atoms with Gasteiger partial charge in [-0.1, -0.05) is 24.3 Å². The Labute approximate surface area is 128 Å². The molecule has 4 aromatic rings. The van der Waals surface area contributed by atoms with Gasteiger partial charge in [0, 0.05) is 41.3 Å². The number of aromatic nitrogens is 3. The molecule has 0 unspecified atom stereocenters. The number of benzene rings is 1. The fourth-order valence-corrected chi connectivity index (χ4v) is 2.60. The number of rotatable bonds is 2. The van der Waals surface area contributed by atoms with Gasteiger partial charge < -0.3 is 0 Å². The third-order valence-electron chi connectivity index (χ3n) is 3.66. The van der Waals surface area contributed by atoms with Crippen LogP contribution in [0.25, 0.3) is 33.3 Å². The van der Waals surface area contributed by atoms with E-state index in [4.69, 9.17) is 0 Å². The molecule has 0 fully saturated rings. The molecule has 3 nitrogen and oxygen atoms in total. The number of hydrogen-bond acceptors (Lipinski definition) is 3. The maximum atomic E-state index is 4.57. The Kier molecular flexibility index (Phi) is 3.09. The van der Waals surface area contributed by atoms with Crippen LogP contribution in [0.4, 0.5) is 0 Å². The molecule has 0 bridgehead atoms. The number of para-hydroxylation sites is 1. The van der Waals surface area contributed by atoms with Crippen LogP contribution in [0.1, 0.15) is 0 Å². The zero-order valence-corrected chi connectivity index (χ0v) is 11.8. The van der Waals surface area contributed by atoms with E-state index in [0.29, 0.717) is 0 Å². The molecule has 1 aromatic carbocycles. The second-order valence-electron chi connectivity index (χ2n) is 5.05. The molecule has 3 heteroatoms. The van der Waals surface area contributed by atoms with Crippen molar-refractivity contribution < 1.29 is 0 Å². The number of pyridine rings is 3. The lowest BCUT2D eigenvalue weighted by Crippen LogP contribution is -1.90. The van der Waals surface area contributed by atoms with Crippen LogP contribution in [0, 0.1) is 0 Å². The monoisotopic (exact) mass is 283 g/mol. The highest BCUT2D eigenvalue weighted by Gasteiger charge is 2.09. The van der Waals surface area contributed by atoms with Crippen molar-refractivity contribution >= 4 is 10.9 Å². The van der Waals surface area contributed by atoms with Crippen molar-refractivity contribution in [3.8, 4) is 22.4 Å². The van der Waals surface area contributed by atoms with Crippen LogP contribution in [-0.2, 0) is 0 Å². The quantitative estimate of drug-likeness (QED) is 0.548. The second-order valence-corrected chi connectivity index (χ2v) is 5.05. The lowest BCUT2D eigenvalue weighted by molar-refractivity contribution is 1.29. The van der Waals surface area contributed by atoms with Crippen LogP contribution in [-0.4, -0.2) is 15.0 Å². The highest BCUT2D eigenvalue weighted by Crippen LogP contribution is 2.30. The summed E-state index contributed by atoms with van der Waals surface area (Å²) >= 11 is 0. The minimum Gasteiger partial charge on any atom is -0.265 e. The molecule has 0 atom stereocenters. The van der Waals surface area contributed by atoms with Crippen LogP contribution < -0.4 is 0 Å². The lowest BCUT2D eigenvalue weighted by atomic mass is 10.0. The van der Waals surface area contributed by atoms with Gasteiger partial charge in [0.05, 0.1) is 11.2 Å². The molecule has 22 heavy (non-hydrogen) atoms. The largest absolute Gasteiger partial charge is 0.265 e. The molecule has 104 valence electrons. The van der Waals surface area contributed by atoms with Gasteiger partial charge in [-0.05, 0) is 35.9 Å². The number of fused-ring (bicyclic) bond motifs is 1. The van der Waals surface area contributed by atoms with Gasteiger partial charge in [-0.15, -0.1) is 0 Å². The summed E-state index contributed by atoms with van der Waals surface area (Å²) in [4.78, 5) is 13.2. The molecule has 0 aliphatic carbocycles. The van der Waals surface area contributed by atoms with Crippen molar-refractivity contribution in [1.82, 2.24) is 15.0 Å². The van der Waals surface area contributed by atoms with Crippen molar-refractivity contribution in [1.29, 1.82) is 0 Å². The molecule has 0 amide bonds. The molecule has 0 radical (unpaired) electrons. The number of nitrogens with zero attached hydrogens (tertiary/aromatic N) is 3. The van der Waals surface area contributed by atoms with Crippen LogP contribution in [0.3, 0.4) is 0 Å². The zero-order valence-electron chi connectivity index (χ0n) is 11.8. The standard InChI is InChI=1S/C19H13N3/c1-2-6-18-15(4-1)12-16(13-22-18)19-17(5-3-9-21-19)14-7-10-20-11-8-14/h1-13H. The Balaban J connectivity index is 1.92. The molecule has 3 heterocycles. The van der Waals surface area contributed by atoms with E-state index >= 15 is 0 Å². The summed E-state index contributed by atoms with van der Waals surface area (Å²) in [5, 5.41) is 1.12. The van der Waals surface area contributed by atoms with Crippen molar-refractivity contribution in [2.75, 3.05) is 0 Å². The van der Waals surface area contributed by atoms with E-state index in [1.165, 1.54) is 0 Å². The molecular weight excluding hydrogens is 270 g/mol. The van der Waals surface area contributed by atoms with E-state index in [1.54, 1.807) is 12.4 Å². The third kappa shape index (κ3) is 2.23. The van der Waals surface area contributed by atoms with E-state index in [-0.39, 0.29) is 0 Å². The van der Waals surface area contributed by atoms with Crippen LogP contribution >= 0.6 is 0 Å². The average Bonchev–Trinajstić information content (AvgIpc) is 2.62. The fraction of sp³-hybridized carbons (Fsp3) is 0. The molecule has 0 aliphatic heterocycles. The van der Waals surface area contributed by atoms with E-state index < -0.39 is 0 Å². The highest BCUT2D eigenvalue weighted by molar-refractivity contribution is 5.87. The predicted octanol–water partition coefficient (Wildman–Crippen LogP) is 4.36. The fourth-order valence-electron chi connectivity index (χ4n) is 2.60. The van der Waals surface area contributed by atoms with Crippen LogP contribution in [0.2, 0.25) is 0 Å². The summed E-state index contributed by atoms with van der Waals surface area (Å²) in [7, 11) is 0. The van der Waals surface area contributed by atoms with E-state index in [9.17, 15) is 0 Å². The molecule has 0 saturated carbocycles. The Hall–Kier alpha value is -3.07. The summed E-state index contributed by atoms with van der Waals surface area (Å²) in [6, 6.07) is 18.3. The second kappa shape index (κ2) is 5.37. The minimum atomic E-state index is 0.937. The number of hydrogen-bond donors (Lipinski definition) is 0. The first-order valence-corrected chi connectivity index (χ1v) is 7.12. The normalized spacial score (nSPS) is 10.7. The van der Waals surface area contributed by atoms with Gasteiger partial charge in [-0.25, -0.2) is 0 Å². The van der Waals surface area contributed by atoms with E-state index in [2.05, 4.69) is 33.2 Å². The predicted molar refractivity (Wildman–Crippen MR) is 88.2 cm³/mol. The Morgan fingerprint density at radius 3 is 2.45 bits per heavy atom. The summed E-state index contributed by atoms with van der Waals surface area (Å²) < 4.78 is 0. The molecule has 0 spiro atoms. The van der Waals surface area contributed by atoms with Crippen molar-refractivity contribution in [3.63, 3.8) is 0 Å². The Morgan fingerprint density at radius 1 is 0.682 bits per heavy atom. The molecule has 4 rings (SSSR count). The lowest BCUT2D eigenvalue weighted by Gasteiger charge is -2.09. The van der Waals surface area contributed by atoms with Crippen molar-refractivity contribution in [2.24, 2.45) is 0 Å². The van der Waals surface area contributed by atoms with Gasteiger partial charge in [-0.2, -0.15) is 0 Å². The van der Waals surface area contributed by atoms with Crippen molar-refractivity contribution in [3.05, 3.63) is 79.4 Å². The van der Waals surface area contributed by atoms with Gasteiger partial charge >= 0.3 is 0 Å². The first-order chi connectivity index (χ1) is 10.9. The van der Waals surface area contributed by atoms with Gasteiger partial charge in [0.1, 0.15) is 0 Å². The Morgan fingerprint density at radius 2 is 1.55 bits per heavy atom. The Bertz CT molecular complexity index is 933. The first kappa shape index (κ1) is 12.7. The van der Waals surface area contributed by atoms with Crippen LogP contribution in [0.5, 0.6) is 0 Å².